The predicted octanol–water partition coefficient (Wildman–Crippen LogP) is 33.1. The van der Waals surface area contributed by atoms with Crippen LogP contribution in [0, 0.1) is 6.92 Å². The molecule has 0 radical (unpaired) electrons. The Morgan fingerprint density at radius 3 is 0.845 bits per heavy atom. The molecule has 10 aromatic carbocycles. The van der Waals surface area contributed by atoms with E-state index in [1.54, 1.807) is 0 Å². The number of pyridine rings is 4. The Morgan fingerprint density at radius 2 is 0.535 bits per heavy atom. The number of nitrogens with zero attached hydrogens (tertiary/aromatic N) is 9. The molecule has 0 fully saturated rings. The van der Waals surface area contributed by atoms with Crippen LogP contribution in [0.4, 0.5) is 17.1 Å². The van der Waals surface area contributed by atoms with Crippen molar-refractivity contribution in [2.75, 3.05) is 4.90 Å². The summed E-state index contributed by atoms with van der Waals surface area (Å²) in [7, 11) is 0. The first-order chi connectivity index (χ1) is 70.2. The number of H-pyrrole nitrogens is 4. The van der Waals surface area contributed by atoms with Gasteiger partial charge in [0.25, 0.3) is 0 Å². The summed E-state index contributed by atoms with van der Waals surface area (Å²) in [5.41, 5.74) is 42.1. The Kier molecular flexibility index (Phi) is 22.3. The third kappa shape index (κ3) is 15.9. The molecule has 4 N–H and O–H groups in total. The van der Waals surface area contributed by atoms with Gasteiger partial charge in [0.2, 0.25) is 0 Å². The molecule has 25 rings (SSSR count). The molecular weight excluding hydrogens is 1870 g/mol. The van der Waals surface area contributed by atoms with E-state index in [2.05, 4.69) is 464 Å². The lowest BCUT2D eigenvalue weighted by atomic mass is 9.91. The van der Waals surface area contributed by atoms with Gasteiger partial charge in [-0.15, -0.1) is 0 Å². The smallest absolute Gasteiger partial charge is 0.0831 e. The second-order valence-electron chi connectivity index (χ2n) is 35.7. The summed E-state index contributed by atoms with van der Waals surface area (Å²) in [6.07, 6.45) is 24.8. The van der Waals surface area contributed by atoms with Crippen LogP contribution in [0.1, 0.15) is 80.6 Å². The molecule has 14 heterocycles. The summed E-state index contributed by atoms with van der Waals surface area (Å²) in [6.45, 7) is 2.14. The van der Waals surface area contributed by atoms with E-state index in [0.29, 0.717) is 0 Å². The third-order valence-corrected chi connectivity index (χ3v) is 28.7. The van der Waals surface area contributed by atoms with Crippen molar-refractivity contribution < 1.29 is 0 Å². The van der Waals surface area contributed by atoms with Crippen LogP contribution >= 0.6 is 31.9 Å². The van der Waals surface area contributed by atoms with Crippen molar-refractivity contribution in [1.29, 1.82) is 0 Å². The maximum absolute atomic E-state index is 6.14. The van der Waals surface area contributed by atoms with Crippen LogP contribution in [0.25, 0.3) is 203 Å². The maximum atomic E-state index is 6.14. The number of hydrogen-bond donors (Lipinski definition) is 4. The average molecular weight is 1950 g/mol. The summed E-state index contributed by atoms with van der Waals surface area (Å²) in [5.74, 6) is 0. The fraction of sp³-hybridized carbons (Fsp3) is 0.0236. The highest BCUT2D eigenvalue weighted by molar-refractivity contribution is 9.11. The molecule has 13 nitrogen and oxygen atoms in total. The van der Waals surface area contributed by atoms with Crippen LogP contribution in [0.5, 0.6) is 0 Å². The summed E-state index contributed by atoms with van der Waals surface area (Å²) < 4.78 is 1.56. The predicted molar refractivity (Wildman–Crippen MR) is 590 cm³/mol. The fourth-order valence-electron chi connectivity index (χ4n) is 20.4. The minimum Gasteiger partial charge on any atom is -0.354 e. The van der Waals surface area contributed by atoms with E-state index in [0.717, 1.165) is 285 Å². The lowest BCUT2D eigenvalue weighted by Crippen LogP contribution is -2.09. The Labute approximate surface area is 837 Å². The van der Waals surface area contributed by atoms with E-state index in [1.807, 2.05) is 49.1 Å². The molecule has 4 aliphatic heterocycles. The third-order valence-electron chi connectivity index (χ3n) is 27.0. The largest absolute Gasteiger partial charge is 0.354 e. The summed E-state index contributed by atoms with van der Waals surface area (Å²) in [4.78, 5) is 64.0. The molecule has 10 aromatic heterocycles. The SMILES string of the molecule is Cc1ccc(N(c2ccc(-c3c4nc(c(-c5ccccn5)c5[nH]c(cc5-c5ccccc5)c(Br)c5nc(c(-c6ccccn6)c6[nH]c3cc6-c3ccccc3)C(C3=CC=CCC3)=C5)C(c3ccccc3)=C4)cc2)c2ccc(-c3c4nc(c(-c5ccccn5)c5[nH]c(cc5-c5ccccc5)c(Br)c5nc(c(-c6ccccn6)c6[nH]c3cc6-c3ccccc3)C(c3ccccc3)=C5)C(c3ccccc3)=C4)cc2)cc1. The van der Waals surface area contributed by atoms with Gasteiger partial charge in [-0.3, -0.25) is 19.9 Å². The number of aromatic amines is 4. The van der Waals surface area contributed by atoms with Crippen LogP contribution in [0.2, 0.25) is 0 Å². The van der Waals surface area contributed by atoms with Crippen molar-refractivity contribution in [3.05, 3.63) is 508 Å². The topological polar surface area (TPSA) is 170 Å². The van der Waals surface area contributed by atoms with E-state index in [1.165, 1.54) is 5.57 Å². The van der Waals surface area contributed by atoms with Crippen molar-refractivity contribution >= 4 is 140 Å². The lowest BCUT2D eigenvalue weighted by molar-refractivity contribution is 0.996. The van der Waals surface area contributed by atoms with Crippen LogP contribution in [0.15, 0.2) is 440 Å². The van der Waals surface area contributed by atoms with Gasteiger partial charge in [0, 0.05) is 109 Å². The normalized spacial score (nSPS) is 12.7. The van der Waals surface area contributed by atoms with Gasteiger partial charge < -0.3 is 24.8 Å². The Balaban J connectivity index is 0.758. The number of halogens is 2. The number of rotatable bonds is 17. The molecule has 0 spiro atoms. The van der Waals surface area contributed by atoms with Crippen LogP contribution in [-0.2, 0) is 0 Å². The quantitative estimate of drug-likeness (QED) is 0.0693. The second kappa shape index (κ2) is 37.0. The van der Waals surface area contributed by atoms with Gasteiger partial charge in [-0.05, 0) is 241 Å². The van der Waals surface area contributed by atoms with Crippen molar-refractivity contribution in [1.82, 2.24) is 59.8 Å². The van der Waals surface area contributed by atoms with E-state index in [4.69, 9.17) is 39.9 Å². The van der Waals surface area contributed by atoms with Crippen molar-refractivity contribution in [3.63, 3.8) is 0 Å². The fourth-order valence-corrected chi connectivity index (χ4v) is 21.2. The number of aromatic nitrogens is 12. The first-order valence-corrected chi connectivity index (χ1v) is 49.2. The number of fused-ring (bicyclic) bond motifs is 16. The standard InChI is InChI=1S/C127H85Br2N13/c1-78-54-60-89(61-55-78)142(90-62-56-87(57-63-90)112-104-70-92(79-34-10-2-11-35-79)120(134-104)114(100-50-26-30-66-130-100)124-96(83-42-18-6-19-43-83)74-108(138-124)118(128)109-75-97(84-44-20-7-21-45-84)125(139-109)115(101-51-27-31-67-131-101)121-93(71-105(112)135-121)80-36-12-3-13-37-80)91-64-58-88(59-65-91)113-106-72-94(81-38-14-4-15-39-81)122(136-106)116(102-52-28-32-68-132-102)126-98(85-46-22-8-23-47-85)76-110(140-126)119(129)111-77-99(86-48-24-9-25-49-86)127(141-111)117(103-53-29-33-69-133-103)123-95(73-107(113)137-123)82-40-16-5-17-41-82/h2-24,26-48,50-77,134,137,139-140H,25,49H2,1H3. The molecule has 1 aliphatic carbocycles. The van der Waals surface area contributed by atoms with Gasteiger partial charge in [0.05, 0.1) is 133 Å². The molecular formula is C127H85Br2N13. The molecule has 0 amide bonds. The van der Waals surface area contributed by atoms with Crippen LogP contribution < -0.4 is 4.90 Å². The number of allylic oxidation sites excluding steroid dienone is 5. The van der Waals surface area contributed by atoms with E-state index >= 15 is 0 Å². The Morgan fingerprint density at radius 1 is 0.261 bits per heavy atom. The number of hydrogen-bond acceptors (Lipinski definition) is 9. The zero-order chi connectivity index (χ0) is 94.7. The number of nitrogens with one attached hydrogen (secondary N) is 4. The molecule has 672 valence electrons. The minimum atomic E-state index is 0.725. The van der Waals surface area contributed by atoms with Crippen molar-refractivity contribution in [2.24, 2.45) is 0 Å². The highest BCUT2D eigenvalue weighted by Crippen LogP contribution is 2.52. The molecule has 15 heteroatoms. The Bertz CT molecular complexity index is 8900. The molecule has 20 aromatic rings. The number of anilines is 3. The number of benzene rings is 10. The van der Waals surface area contributed by atoms with Gasteiger partial charge in [-0.1, -0.05) is 297 Å². The molecule has 16 bridgehead atoms. The first-order valence-electron chi connectivity index (χ1n) is 47.6. The van der Waals surface area contributed by atoms with E-state index in [-0.39, 0.29) is 0 Å². The minimum absolute atomic E-state index is 0.725. The van der Waals surface area contributed by atoms with Gasteiger partial charge in [0.15, 0.2) is 0 Å². The zero-order valence-corrected chi connectivity index (χ0v) is 80.1. The second-order valence-corrected chi connectivity index (χ2v) is 37.3. The lowest BCUT2D eigenvalue weighted by Gasteiger charge is -2.26. The van der Waals surface area contributed by atoms with Gasteiger partial charge >= 0.3 is 0 Å². The maximum Gasteiger partial charge on any atom is 0.0831 e. The number of aryl methyl sites for hydroxylation is 1. The molecule has 0 saturated heterocycles. The molecule has 142 heavy (non-hydrogen) atoms. The van der Waals surface area contributed by atoms with Gasteiger partial charge in [-0.2, -0.15) is 0 Å². The zero-order valence-electron chi connectivity index (χ0n) is 76.9. The summed E-state index contributed by atoms with van der Waals surface area (Å²) in [6, 6.07) is 135. The highest BCUT2D eigenvalue weighted by Gasteiger charge is 2.33. The van der Waals surface area contributed by atoms with Crippen LogP contribution in [0.3, 0.4) is 0 Å². The highest BCUT2D eigenvalue weighted by atomic mass is 79.9. The molecule has 0 unspecified atom stereocenters. The van der Waals surface area contributed by atoms with Gasteiger partial charge in [-0.25, -0.2) is 19.9 Å². The monoisotopic (exact) mass is 1950 g/mol. The van der Waals surface area contributed by atoms with Crippen molar-refractivity contribution in [2.45, 2.75) is 19.8 Å². The first kappa shape index (κ1) is 85.9. The molecule has 0 saturated carbocycles. The van der Waals surface area contributed by atoms with Crippen molar-refractivity contribution in [3.8, 4) is 112 Å². The molecule has 5 aliphatic rings. The van der Waals surface area contributed by atoms with Gasteiger partial charge in [0.1, 0.15) is 0 Å². The average Bonchev–Trinajstić information content (AvgIpc) is 1.58. The molecule has 0 atom stereocenters. The Hall–Kier alpha value is -17.8. The summed E-state index contributed by atoms with van der Waals surface area (Å²) >= 11 is 8.54. The van der Waals surface area contributed by atoms with E-state index < -0.39 is 0 Å². The van der Waals surface area contributed by atoms with E-state index in [9.17, 15) is 0 Å². The van der Waals surface area contributed by atoms with Crippen LogP contribution in [-0.4, -0.2) is 59.8 Å². The summed E-state index contributed by atoms with van der Waals surface area (Å²) in [5, 5.41) is 0.